The number of hydrogen-bond acceptors (Lipinski definition) is 7. The summed E-state index contributed by atoms with van der Waals surface area (Å²) >= 11 is 1.19. The van der Waals surface area contributed by atoms with E-state index in [0.29, 0.717) is 32.2 Å². The molecule has 0 aliphatic rings. The predicted molar refractivity (Wildman–Crippen MR) is 103 cm³/mol. The van der Waals surface area contributed by atoms with E-state index < -0.39 is 11.2 Å². The zero-order valence-corrected chi connectivity index (χ0v) is 15.0. The number of ether oxygens (including phenoxy) is 1. The Balaban J connectivity index is 1.90. The first-order chi connectivity index (χ1) is 12.4. The topological polar surface area (TPSA) is 98.6 Å². The number of nitrogens with zero attached hydrogens (tertiary/aromatic N) is 1. The van der Waals surface area contributed by atoms with Crippen molar-refractivity contribution in [2.75, 3.05) is 5.73 Å². The number of aromatic hydroxyl groups is 1. The van der Waals surface area contributed by atoms with Crippen LogP contribution in [0.1, 0.15) is 13.8 Å². The summed E-state index contributed by atoms with van der Waals surface area (Å²) in [6, 6.07) is 10.4. The summed E-state index contributed by atoms with van der Waals surface area (Å²) in [5.74, 6) is 0.387. The third-order valence-electron chi connectivity index (χ3n) is 3.89. The highest BCUT2D eigenvalue weighted by molar-refractivity contribution is 7.23. The van der Waals surface area contributed by atoms with Crippen molar-refractivity contribution in [2.24, 2.45) is 0 Å². The molecule has 0 saturated heterocycles. The van der Waals surface area contributed by atoms with E-state index in [1.54, 1.807) is 36.4 Å². The van der Waals surface area contributed by atoms with Crippen molar-refractivity contribution in [3.63, 3.8) is 0 Å². The zero-order chi connectivity index (χ0) is 18.4. The highest BCUT2D eigenvalue weighted by Gasteiger charge is 2.19. The van der Waals surface area contributed by atoms with Gasteiger partial charge in [-0.1, -0.05) is 11.3 Å². The minimum Gasteiger partial charge on any atom is -0.502 e. The molecule has 0 fully saturated rings. The van der Waals surface area contributed by atoms with Crippen molar-refractivity contribution >= 4 is 37.7 Å². The van der Waals surface area contributed by atoms with E-state index in [1.165, 1.54) is 11.3 Å². The van der Waals surface area contributed by atoms with Crippen LogP contribution < -0.4 is 15.9 Å². The molecule has 6 nitrogen and oxygen atoms in total. The average molecular weight is 368 g/mol. The maximum Gasteiger partial charge on any atom is 0.236 e. The Morgan fingerprint density at radius 1 is 1.19 bits per heavy atom. The maximum atomic E-state index is 12.8. The van der Waals surface area contributed by atoms with Gasteiger partial charge in [0.1, 0.15) is 11.3 Å². The quantitative estimate of drug-likeness (QED) is 0.564. The molecule has 0 aliphatic carbocycles. The Labute approximate surface area is 152 Å². The number of nitrogen functional groups attached to an aromatic ring is 1. The molecule has 0 radical (unpaired) electrons. The smallest absolute Gasteiger partial charge is 0.236 e. The minimum absolute atomic E-state index is 0.0575. The number of nitrogens with two attached hydrogens (primary N) is 1. The molecule has 0 atom stereocenters. The third kappa shape index (κ3) is 2.66. The molecule has 2 heterocycles. The van der Waals surface area contributed by atoms with Gasteiger partial charge in [0.15, 0.2) is 10.9 Å². The average Bonchev–Trinajstić information content (AvgIpc) is 2.98. The number of benzene rings is 2. The lowest BCUT2D eigenvalue weighted by Crippen LogP contribution is -2.05. The summed E-state index contributed by atoms with van der Waals surface area (Å²) in [6.07, 6.45) is 0.0575. The lowest BCUT2D eigenvalue weighted by molar-refractivity contribution is 0.242. The van der Waals surface area contributed by atoms with Crippen LogP contribution in [0.15, 0.2) is 45.6 Å². The number of rotatable bonds is 3. The van der Waals surface area contributed by atoms with E-state index in [1.807, 2.05) is 13.8 Å². The largest absolute Gasteiger partial charge is 0.502 e. The van der Waals surface area contributed by atoms with Crippen molar-refractivity contribution in [2.45, 2.75) is 20.0 Å². The van der Waals surface area contributed by atoms with Crippen LogP contribution in [0.5, 0.6) is 11.5 Å². The number of anilines is 1. The molecule has 0 aliphatic heterocycles. The molecule has 0 bridgehead atoms. The monoisotopic (exact) mass is 368 g/mol. The summed E-state index contributed by atoms with van der Waals surface area (Å²) in [4.78, 5) is 16.9. The normalized spacial score (nSPS) is 11.5. The van der Waals surface area contributed by atoms with E-state index in [-0.39, 0.29) is 17.3 Å². The molecular weight excluding hydrogens is 352 g/mol. The van der Waals surface area contributed by atoms with Crippen LogP contribution in [0.2, 0.25) is 0 Å². The zero-order valence-electron chi connectivity index (χ0n) is 14.1. The van der Waals surface area contributed by atoms with Crippen LogP contribution in [0, 0.1) is 0 Å². The lowest BCUT2D eigenvalue weighted by Gasteiger charge is -2.10. The second-order valence-electron chi connectivity index (χ2n) is 6.14. The molecule has 3 N–H and O–H groups in total. The lowest BCUT2D eigenvalue weighted by atomic mass is 10.1. The Hall–Kier alpha value is -3.06. The van der Waals surface area contributed by atoms with Crippen molar-refractivity contribution in [1.82, 2.24) is 4.98 Å². The Morgan fingerprint density at radius 2 is 1.92 bits per heavy atom. The molecule has 26 heavy (non-hydrogen) atoms. The van der Waals surface area contributed by atoms with Crippen LogP contribution in [0.25, 0.3) is 32.5 Å². The molecule has 7 heteroatoms. The molecule has 2 aromatic carbocycles. The second-order valence-corrected chi connectivity index (χ2v) is 7.17. The number of aromatic nitrogens is 1. The molecule has 2 aromatic heterocycles. The minimum atomic E-state index is -0.502. The van der Waals surface area contributed by atoms with E-state index in [2.05, 4.69) is 4.98 Å². The number of fused-ring (bicyclic) bond motifs is 3. The molecule has 0 spiro atoms. The van der Waals surface area contributed by atoms with E-state index in [0.717, 1.165) is 0 Å². The van der Waals surface area contributed by atoms with Gasteiger partial charge in [-0.05, 0) is 50.2 Å². The van der Waals surface area contributed by atoms with E-state index in [9.17, 15) is 9.90 Å². The van der Waals surface area contributed by atoms with Gasteiger partial charge in [-0.3, -0.25) is 4.79 Å². The molecule has 132 valence electrons. The van der Waals surface area contributed by atoms with Crippen molar-refractivity contribution in [3.05, 3.63) is 46.6 Å². The van der Waals surface area contributed by atoms with Crippen molar-refractivity contribution < 1.29 is 14.3 Å². The molecule has 0 saturated carbocycles. The van der Waals surface area contributed by atoms with Gasteiger partial charge in [-0.2, -0.15) is 0 Å². The van der Waals surface area contributed by atoms with Crippen molar-refractivity contribution in [1.29, 1.82) is 0 Å². The number of hydrogen-bond donors (Lipinski definition) is 2. The summed E-state index contributed by atoms with van der Waals surface area (Å²) in [5, 5.41) is 11.1. The standard InChI is InChI=1S/C19H16N2O4S/c1-9(2)24-11-5-3-10(4-6-11)17-16(23)15(22)14-13(25-17)8-7-12-18(14)26-19(20)21-12/h3-9,23H,1-2H3,(H2,20,21). The first-order valence-corrected chi connectivity index (χ1v) is 8.87. The fourth-order valence-corrected chi connectivity index (χ4v) is 3.69. The van der Waals surface area contributed by atoms with Crippen LogP contribution in [0.4, 0.5) is 5.13 Å². The fraction of sp³-hybridized carbons (Fsp3) is 0.158. The highest BCUT2D eigenvalue weighted by Crippen LogP contribution is 2.35. The van der Waals surface area contributed by atoms with Crippen LogP contribution in [-0.2, 0) is 0 Å². The summed E-state index contributed by atoms with van der Waals surface area (Å²) < 4.78 is 12.1. The van der Waals surface area contributed by atoms with Gasteiger partial charge < -0.3 is 20.0 Å². The number of thiazole rings is 1. The van der Waals surface area contributed by atoms with Gasteiger partial charge in [0, 0.05) is 5.56 Å². The fourth-order valence-electron chi connectivity index (χ4n) is 2.82. The predicted octanol–water partition coefficient (Wildman–Crippen LogP) is 4.14. The Bertz CT molecular complexity index is 1180. The van der Waals surface area contributed by atoms with E-state index in [4.69, 9.17) is 14.9 Å². The SMILES string of the molecule is CC(C)Oc1ccc(-c2oc3ccc4nc(N)sc4c3c(=O)c2O)cc1. The van der Waals surface area contributed by atoms with Crippen LogP contribution >= 0.6 is 11.3 Å². The maximum absolute atomic E-state index is 12.8. The molecule has 0 unspecified atom stereocenters. The van der Waals surface area contributed by atoms with Gasteiger partial charge in [0.2, 0.25) is 11.2 Å². The highest BCUT2D eigenvalue weighted by atomic mass is 32.1. The van der Waals surface area contributed by atoms with Gasteiger partial charge in [0.25, 0.3) is 0 Å². The molecule has 4 aromatic rings. The first kappa shape index (κ1) is 16.4. The Morgan fingerprint density at radius 3 is 2.62 bits per heavy atom. The third-order valence-corrected chi connectivity index (χ3v) is 4.81. The summed E-state index contributed by atoms with van der Waals surface area (Å²) in [7, 11) is 0. The van der Waals surface area contributed by atoms with Gasteiger partial charge in [-0.25, -0.2) is 4.98 Å². The van der Waals surface area contributed by atoms with Crippen molar-refractivity contribution in [3.8, 4) is 22.8 Å². The molecular formula is C19H16N2O4S. The first-order valence-electron chi connectivity index (χ1n) is 8.06. The summed E-state index contributed by atoms with van der Waals surface area (Å²) in [5.41, 5.74) is 6.80. The van der Waals surface area contributed by atoms with Crippen LogP contribution in [-0.4, -0.2) is 16.2 Å². The molecule has 0 amide bonds. The van der Waals surface area contributed by atoms with Gasteiger partial charge >= 0.3 is 0 Å². The van der Waals surface area contributed by atoms with Gasteiger partial charge in [-0.15, -0.1) is 0 Å². The summed E-state index contributed by atoms with van der Waals surface area (Å²) in [6.45, 7) is 3.88. The van der Waals surface area contributed by atoms with Gasteiger partial charge in [0.05, 0.1) is 21.7 Å². The van der Waals surface area contributed by atoms with Crippen LogP contribution in [0.3, 0.4) is 0 Å². The second kappa shape index (κ2) is 6.03. The van der Waals surface area contributed by atoms with E-state index >= 15 is 0 Å². The molecule has 4 rings (SSSR count). The Kier molecular flexibility index (Phi) is 3.81.